The molecule has 3 aromatic rings. The van der Waals surface area contributed by atoms with Crippen LogP contribution in [0.1, 0.15) is 18.0 Å². The second kappa shape index (κ2) is 7.38. The molecule has 2 aromatic carbocycles. The number of nitrogens with zero attached hydrogens (tertiary/aromatic N) is 2. The minimum absolute atomic E-state index is 0.0437. The summed E-state index contributed by atoms with van der Waals surface area (Å²) >= 11 is 0. The van der Waals surface area contributed by atoms with E-state index >= 15 is 0 Å². The molecule has 2 heterocycles. The SMILES string of the molecule is COc1ccccc1NC(=O)C1CC(=O)Nc2c(C)c(-c3ccc(F)cc3)nn21. The molecule has 4 rings (SSSR count). The topological polar surface area (TPSA) is 85.2 Å². The number of ether oxygens (including phenoxy) is 1. The van der Waals surface area contributed by atoms with Gasteiger partial charge in [0.05, 0.1) is 24.9 Å². The molecule has 29 heavy (non-hydrogen) atoms. The normalized spacial score (nSPS) is 15.4. The Labute approximate surface area is 166 Å². The van der Waals surface area contributed by atoms with Crippen molar-refractivity contribution in [3.63, 3.8) is 0 Å². The molecule has 0 saturated heterocycles. The van der Waals surface area contributed by atoms with E-state index in [9.17, 15) is 14.0 Å². The van der Waals surface area contributed by atoms with Gasteiger partial charge in [-0.05, 0) is 43.3 Å². The van der Waals surface area contributed by atoms with E-state index in [2.05, 4.69) is 15.7 Å². The van der Waals surface area contributed by atoms with Gasteiger partial charge in [0.1, 0.15) is 23.4 Å². The van der Waals surface area contributed by atoms with Gasteiger partial charge < -0.3 is 15.4 Å². The van der Waals surface area contributed by atoms with E-state index in [4.69, 9.17) is 4.74 Å². The zero-order valence-electron chi connectivity index (χ0n) is 15.9. The average Bonchev–Trinajstić information content (AvgIpc) is 3.05. The monoisotopic (exact) mass is 394 g/mol. The van der Waals surface area contributed by atoms with Crippen LogP contribution in [0.4, 0.5) is 15.9 Å². The number of carbonyl (C=O) groups excluding carboxylic acids is 2. The molecule has 0 spiro atoms. The van der Waals surface area contributed by atoms with Crippen molar-refractivity contribution in [2.24, 2.45) is 0 Å². The number of hydrogen-bond donors (Lipinski definition) is 2. The number of hydrogen-bond acceptors (Lipinski definition) is 4. The van der Waals surface area contributed by atoms with E-state index < -0.39 is 6.04 Å². The van der Waals surface area contributed by atoms with Crippen LogP contribution in [0.3, 0.4) is 0 Å². The number of amides is 2. The van der Waals surface area contributed by atoms with Crippen LogP contribution >= 0.6 is 0 Å². The third-order valence-electron chi connectivity index (χ3n) is 4.86. The first-order valence-electron chi connectivity index (χ1n) is 9.06. The Bertz CT molecular complexity index is 1090. The van der Waals surface area contributed by atoms with Crippen molar-refractivity contribution in [1.29, 1.82) is 0 Å². The van der Waals surface area contributed by atoms with Crippen LogP contribution in [0.2, 0.25) is 0 Å². The summed E-state index contributed by atoms with van der Waals surface area (Å²) in [6, 6.07) is 12.1. The summed E-state index contributed by atoms with van der Waals surface area (Å²) < 4.78 is 20.1. The minimum Gasteiger partial charge on any atom is -0.495 e. The molecule has 0 bridgehead atoms. The molecule has 1 aliphatic rings. The van der Waals surface area contributed by atoms with Gasteiger partial charge in [-0.25, -0.2) is 9.07 Å². The van der Waals surface area contributed by atoms with Gasteiger partial charge in [-0.2, -0.15) is 5.10 Å². The van der Waals surface area contributed by atoms with Crippen molar-refractivity contribution in [2.45, 2.75) is 19.4 Å². The smallest absolute Gasteiger partial charge is 0.249 e. The first-order valence-corrected chi connectivity index (χ1v) is 9.06. The van der Waals surface area contributed by atoms with Gasteiger partial charge in [0.25, 0.3) is 0 Å². The van der Waals surface area contributed by atoms with Gasteiger partial charge in [0.2, 0.25) is 11.8 Å². The standard InChI is InChI=1S/C21H19FN4O3/c1-12-19(13-7-9-14(22)10-8-13)25-26-16(11-18(27)24-20(12)26)21(28)23-15-5-3-4-6-17(15)29-2/h3-10,16H,11H2,1-2H3,(H,23,28)(H,24,27). The van der Waals surface area contributed by atoms with Gasteiger partial charge >= 0.3 is 0 Å². The number of aromatic nitrogens is 2. The Morgan fingerprint density at radius 1 is 1.24 bits per heavy atom. The molecule has 0 radical (unpaired) electrons. The second-order valence-electron chi connectivity index (χ2n) is 6.73. The zero-order chi connectivity index (χ0) is 20.5. The molecule has 8 heteroatoms. The summed E-state index contributed by atoms with van der Waals surface area (Å²) in [6.45, 7) is 1.80. The fraction of sp³-hybridized carbons (Fsp3) is 0.190. The van der Waals surface area contributed by atoms with Crippen molar-refractivity contribution in [3.8, 4) is 17.0 Å². The molecular weight excluding hydrogens is 375 g/mol. The minimum atomic E-state index is -0.823. The van der Waals surface area contributed by atoms with Gasteiger partial charge in [-0.3, -0.25) is 9.59 Å². The maximum atomic E-state index is 13.3. The van der Waals surface area contributed by atoms with E-state index in [-0.39, 0.29) is 24.1 Å². The Hall–Kier alpha value is -3.68. The van der Waals surface area contributed by atoms with Gasteiger partial charge in [-0.1, -0.05) is 12.1 Å². The third kappa shape index (κ3) is 3.44. The van der Waals surface area contributed by atoms with Crippen LogP contribution in [0.25, 0.3) is 11.3 Å². The van der Waals surface area contributed by atoms with E-state index in [0.717, 1.165) is 0 Å². The summed E-state index contributed by atoms with van der Waals surface area (Å²) in [7, 11) is 1.52. The highest BCUT2D eigenvalue weighted by atomic mass is 19.1. The van der Waals surface area contributed by atoms with Gasteiger partial charge in [0, 0.05) is 11.1 Å². The molecule has 0 fully saturated rings. The number of halogens is 1. The fourth-order valence-corrected chi connectivity index (χ4v) is 3.39. The lowest BCUT2D eigenvalue weighted by Crippen LogP contribution is -2.36. The molecule has 2 amide bonds. The van der Waals surface area contributed by atoms with Crippen molar-refractivity contribution >= 4 is 23.3 Å². The number of fused-ring (bicyclic) bond motifs is 1. The number of rotatable bonds is 4. The first kappa shape index (κ1) is 18.7. The molecule has 1 atom stereocenters. The molecule has 1 aliphatic heterocycles. The molecule has 0 saturated carbocycles. The second-order valence-corrected chi connectivity index (χ2v) is 6.73. The Balaban J connectivity index is 1.70. The molecular formula is C21H19FN4O3. The van der Waals surface area contributed by atoms with Crippen molar-refractivity contribution in [3.05, 3.63) is 59.9 Å². The summed E-state index contributed by atoms with van der Waals surface area (Å²) in [6.07, 6.45) is -0.0437. The number of anilines is 2. The van der Waals surface area contributed by atoms with Crippen LogP contribution in [0.15, 0.2) is 48.5 Å². The molecule has 1 unspecified atom stereocenters. The number of methoxy groups -OCH3 is 1. The average molecular weight is 394 g/mol. The molecule has 0 aliphatic carbocycles. The number of benzene rings is 2. The quantitative estimate of drug-likeness (QED) is 0.709. The first-order chi connectivity index (χ1) is 14.0. The lowest BCUT2D eigenvalue weighted by atomic mass is 10.1. The number of para-hydroxylation sites is 2. The maximum Gasteiger partial charge on any atom is 0.249 e. The maximum absolute atomic E-state index is 13.3. The van der Waals surface area contributed by atoms with Crippen LogP contribution in [0, 0.1) is 12.7 Å². The van der Waals surface area contributed by atoms with Crippen LogP contribution in [0.5, 0.6) is 5.75 Å². The van der Waals surface area contributed by atoms with Crippen molar-refractivity contribution < 1.29 is 18.7 Å². The predicted octanol–water partition coefficient (Wildman–Crippen LogP) is 3.53. The van der Waals surface area contributed by atoms with E-state index in [0.29, 0.717) is 34.1 Å². The molecule has 148 valence electrons. The van der Waals surface area contributed by atoms with Crippen molar-refractivity contribution in [1.82, 2.24) is 9.78 Å². The summed E-state index contributed by atoms with van der Waals surface area (Å²) in [5.41, 5.74) is 2.50. The van der Waals surface area contributed by atoms with E-state index in [1.807, 2.05) is 0 Å². The Morgan fingerprint density at radius 3 is 2.69 bits per heavy atom. The van der Waals surface area contributed by atoms with Gasteiger partial charge in [0.15, 0.2) is 0 Å². The lowest BCUT2D eigenvalue weighted by Gasteiger charge is -2.24. The van der Waals surface area contributed by atoms with Crippen LogP contribution < -0.4 is 15.4 Å². The Morgan fingerprint density at radius 2 is 1.97 bits per heavy atom. The van der Waals surface area contributed by atoms with Gasteiger partial charge in [-0.15, -0.1) is 0 Å². The summed E-state index contributed by atoms with van der Waals surface area (Å²) in [5.74, 6) is -0.0198. The van der Waals surface area contributed by atoms with E-state index in [1.165, 1.54) is 23.9 Å². The lowest BCUT2D eigenvalue weighted by molar-refractivity contribution is -0.125. The predicted molar refractivity (Wildman–Crippen MR) is 106 cm³/mol. The largest absolute Gasteiger partial charge is 0.495 e. The molecule has 1 aromatic heterocycles. The number of nitrogens with one attached hydrogen (secondary N) is 2. The Kier molecular flexibility index (Phi) is 4.75. The zero-order valence-corrected chi connectivity index (χ0v) is 15.9. The molecule has 7 nitrogen and oxygen atoms in total. The fourth-order valence-electron chi connectivity index (χ4n) is 3.39. The molecule has 2 N–H and O–H groups in total. The highest BCUT2D eigenvalue weighted by molar-refractivity contribution is 6.02. The third-order valence-corrected chi connectivity index (χ3v) is 4.86. The highest BCUT2D eigenvalue weighted by Crippen LogP contribution is 2.35. The highest BCUT2D eigenvalue weighted by Gasteiger charge is 2.34. The summed E-state index contributed by atoms with van der Waals surface area (Å²) in [4.78, 5) is 25.2. The van der Waals surface area contributed by atoms with Crippen molar-refractivity contribution in [2.75, 3.05) is 17.7 Å². The number of carbonyl (C=O) groups is 2. The van der Waals surface area contributed by atoms with Crippen LogP contribution in [-0.4, -0.2) is 28.7 Å². The summed E-state index contributed by atoms with van der Waals surface area (Å²) in [5, 5.41) is 10.2. The van der Waals surface area contributed by atoms with E-state index in [1.54, 1.807) is 43.3 Å². The van der Waals surface area contributed by atoms with Crippen LogP contribution in [-0.2, 0) is 9.59 Å².